The van der Waals surface area contributed by atoms with E-state index in [1.54, 1.807) is 6.20 Å². The number of nitrogens with zero attached hydrogens (tertiary/aromatic N) is 1. The minimum absolute atomic E-state index is 0.548. The summed E-state index contributed by atoms with van der Waals surface area (Å²) >= 11 is 0. The predicted molar refractivity (Wildman–Crippen MR) is 81.2 cm³/mol. The van der Waals surface area contributed by atoms with E-state index in [0.717, 1.165) is 43.7 Å². The summed E-state index contributed by atoms with van der Waals surface area (Å²) in [5.74, 6) is 1.50. The Kier molecular flexibility index (Phi) is 5.65. The van der Waals surface area contributed by atoms with Gasteiger partial charge in [-0.05, 0) is 31.4 Å². The minimum atomic E-state index is -0.601. The maximum atomic E-state index is 10.6. The van der Waals surface area contributed by atoms with Crippen LogP contribution in [0.15, 0.2) is 18.3 Å². The Morgan fingerprint density at radius 2 is 2.05 bits per heavy atom. The van der Waals surface area contributed by atoms with Crippen LogP contribution in [0.5, 0.6) is 5.75 Å². The predicted octanol–water partition coefficient (Wildman–Crippen LogP) is 3.37. The van der Waals surface area contributed by atoms with Gasteiger partial charge in [0.05, 0.1) is 12.2 Å². The first kappa shape index (κ1) is 15.1. The molecule has 0 spiro atoms. The molecule has 1 saturated carbocycles. The number of hydrogen-bond acceptors (Lipinski definition) is 4. The Hall–Kier alpha value is -1.29. The van der Waals surface area contributed by atoms with Gasteiger partial charge in [0.2, 0.25) is 0 Å². The fourth-order valence-corrected chi connectivity index (χ4v) is 2.66. The third-order valence-corrected chi connectivity index (χ3v) is 3.85. The number of pyridine rings is 1. The summed E-state index contributed by atoms with van der Waals surface area (Å²) < 4.78 is 5.68. The molecule has 0 aromatic carbocycles. The van der Waals surface area contributed by atoms with E-state index in [1.165, 1.54) is 12.8 Å². The lowest BCUT2D eigenvalue weighted by atomic mass is 9.94. The average molecular weight is 278 g/mol. The Labute approximate surface area is 121 Å². The van der Waals surface area contributed by atoms with Crippen molar-refractivity contribution in [2.45, 2.75) is 57.5 Å². The zero-order valence-corrected chi connectivity index (χ0v) is 12.4. The molecule has 4 nitrogen and oxygen atoms in total. The van der Waals surface area contributed by atoms with Crippen LogP contribution in [0, 0.1) is 0 Å². The maximum Gasteiger partial charge on any atom is 0.168 e. The van der Waals surface area contributed by atoms with Crippen molar-refractivity contribution in [1.82, 2.24) is 4.98 Å². The van der Waals surface area contributed by atoms with Gasteiger partial charge < -0.3 is 15.2 Å². The highest BCUT2D eigenvalue weighted by molar-refractivity contribution is 5.49. The van der Waals surface area contributed by atoms with E-state index in [0.29, 0.717) is 13.2 Å². The van der Waals surface area contributed by atoms with Crippen molar-refractivity contribution >= 4 is 5.82 Å². The Morgan fingerprint density at radius 3 is 2.75 bits per heavy atom. The Morgan fingerprint density at radius 1 is 1.30 bits per heavy atom. The average Bonchev–Trinajstić information content (AvgIpc) is 2.69. The second-order valence-corrected chi connectivity index (χ2v) is 5.69. The van der Waals surface area contributed by atoms with Gasteiger partial charge in [0, 0.05) is 12.7 Å². The SMILES string of the molecule is CCCOc1cccnc1NCC1(O)CCCCCC1. The van der Waals surface area contributed by atoms with E-state index in [2.05, 4.69) is 17.2 Å². The lowest BCUT2D eigenvalue weighted by Gasteiger charge is -2.27. The molecule has 0 saturated heterocycles. The molecule has 0 atom stereocenters. The van der Waals surface area contributed by atoms with Gasteiger partial charge in [0.1, 0.15) is 0 Å². The third kappa shape index (κ3) is 4.37. The lowest BCUT2D eigenvalue weighted by molar-refractivity contribution is 0.0380. The molecule has 0 bridgehead atoms. The van der Waals surface area contributed by atoms with Crippen molar-refractivity contribution in [1.29, 1.82) is 0 Å². The standard InChI is InChI=1S/C16H26N2O2/c1-2-12-20-14-8-7-11-17-15(14)18-13-16(19)9-5-3-4-6-10-16/h7-8,11,19H,2-6,9-10,12-13H2,1H3,(H,17,18). The molecular formula is C16H26N2O2. The molecule has 0 unspecified atom stereocenters. The summed E-state index contributed by atoms with van der Waals surface area (Å²) in [6.07, 6.45) is 9.15. The second kappa shape index (κ2) is 7.48. The molecule has 0 aliphatic heterocycles. The maximum absolute atomic E-state index is 10.6. The summed E-state index contributed by atoms with van der Waals surface area (Å²) in [6, 6.07) is 3.79. The molecular weight excluding hydrogens is 252 g/mol. The molecule has 1 fully saturated rings. The van der Waals surface area contributed by atoms with Gasteiger partial charge in [0.25, 0.3) is 0 Å². The molecule has 20 heavy (non-hydrogen) atoms. The molecule has 1 heterocycles. The first-order valence-electron chi connectivity index (χ1n) is 7.77. The van der Waals surface area contributed by atoms with Gasteiger partial charge in [0.15, 0.2) is 11.6 Å². The normalized spacial score (nSPS) is 18.3. The zero-order valence-electron chi connectivity index (χ0n) is 12.4. The lowest BCUT2D eigenvalue weighted by Crippen LogP contribution is -2.36. The van der Waals surface area contributed by atoms with Crippen molar-refractivity contribution in [2.24, 2.45) is 0 Å². The fourth-order valence-electron chi connectivity index (χ4n) is 2.66. The van der Waals surface area contributed by atoms with E-state index < -0.39 is 5.60 Å². The summed E-state index contributed by atoms with van der Waals surface area (Å²) in [5, 5.41) is 13.9. The van der Waals surface area contributed by atoms with Crippen molar-refractivity contribution < 1.29 is 9.84 Å². The largest absolute Gasteiger partial charge is 0.490 e. The monoisotopic (exact) mass is 278 g/mol. The molecule has 1 aromatic heterocycles. The quantitative estimate of drug-likeness (QED) is 0.783. The second-order valence-electron chi connectivity index (χ2n) is 5.69. The molecule has 112 valence electrons. The number of nitrogens with one attached hydrogen (secondary N) is 1. The van der Waals surface area contributed by atoms with E-state index in [9.17, 15) is 5.11 Å². The number of ether oxygens (including phenoxy) is 1. The molecule has 1 aliphatic carbocycles. The molecule has 2 N–H and O–H groups in total. The number of hydrogen-bond donors (Lipinski definition) is 2. The van der Waals surface area contributed by atoms with Crippen LogP contribution in [0.2, 0.25) is 0 Å². The van der Waals surface area contributed by atoms with E-state index >= 15 is 0 Å². The summed E-state index contributed by atoms with van der Waals surface area (Å²) in [7, 11) is 0. The Bertz CT molecular complexity index is 401. The van der Waals surface area contributed by atoms with Crippen molar-refractivity contribution in [3.8, 4) is 5.75 Å². The summed E-state index contributed by atoms with van der Waals surface area (Å²) in [5.41, 5.74) is -0.601. The smallest absolute Gasteiger partial charge is 0.168 e. The van der Waals surface area contributed by atoms with E-state index in [-0.39, 0.29) is 0 Å². The van der Waals surface area contributed by atoms with Crippen LogP contribution in [0.3, 0.4) is 0 Å². The van der Waals surface area contributed by atoms with Gasteiger partial charge in [-0.15, -0.1) is 0 Å². The van der Waals surface area contributed by atoms with Crippen LogP contribution >= 0.6 is 0 Å². The van der Waals surface area contributed by atoms with Crippen molar-refractivity contribution in [3.05, 3.63) is 18.3 Å². The Balaban J connectivity index is 1.95. The fraction of sp³-hybridized carbons (Fsp3) is 0.688. The minimum Gasteiger partial charge on any atom is -0.490 e. The number of aromatic nitrogens is 1. The van der Waals surface area contributed by atoms with Crippen molar-refractivity contribution in [3.63, 3.8) is 0 Å². The van der Waals surface area contributed by atoms with Crippen LogP contribution < -0.4 is 10.1 Å². The molecule has 4 heteroatoms. The summed E-state index contributed by atoms with van der Waals surface area (Å²) in [6.45, 7) is 3.31. The van der Waals surface area contributed by atoms with Crippen LogP contribution in [-0.2, 0) is 0 Å². The molecule has 1 aliphatic rings. The van der Waals surface area contributed by atoms with Crippen LogP contribution in [-0.4, -0.2) is 28.8 Å². The topological polar surface area (TPSA) is 54.4 Å². The highest BCUT2D eigenvalue weighted by Crippen LogP contribution is 2.28. The first-order valence-corrected chi connectivity index (χ1v) is 7.77. The third-order valence-electron chi connectivity index (χ3n) is 3.85. The van der Waals surface area contributed by atoms with Crippen molar-refractivity contribution in [2.75, 3.05) is 18.5 Å². The van der Waals surface area contributed by atoms with E-state index in [1.807, 2.05) is 12.1 Å². The van der Waals surface area contributed by atoms with Gasteiger partial charge >= 0.3 is 0 Å². The van der Waals surface area contributed by atoms with Gasteiger partial charge in [-0.2, -0.15) is 0 Å². The van der Waals surface area contributed by atoms with E-state index in [4.69, 9.17) is 4.74 Å². The molecule has 0 amide bonds. The highest BCUT2D eigenvalue weighted by atomic mass is 16.5. The molecule has 0 radical (unpaired) electrons. The zero-order chi connectivity index (χ0) is 14.3. The summed E-state index contributed by atoms with van der Waals surface area (Å²) in [4.78, 5) is 4.32. The van der Waals surface area contributed by atoms with Gasteiger partial charge in [-0.3, -0.25) is 0 Å². The number of aliphatic hydroxyl groups is 1. The van der Waals surface area contributed by atoms with Gasteiger partial charge in [-0.25, -0.2) is 4.98 Å². The number of anilines is 1. The molecule has 2 rings (SSSR count). The van der Waals surface area contributed by atoms with Crippen LogP contribution in [0.25, 0.3) is 0 Å². The molecule has 1 aromatic rings. The first-order chi connectivity index (χ1) is 9.73. The van der Waals surface area contributed by atoms with Crippen LogP contribution in [0.1, 0.15) is 51.9 Å². The van der Waals surface area contributed by atoms with Gasteiger partial charge in [-0.1, -0.05) is 32.6 Å². The highest BCUT2D eigenvalue weighted by Gasteiger charge is 2.28. The van der Waals surface area contributed by atoms with Crippen LogP contribution in [0.4, 0.5) is 5.82 Å². The number of rotatable bonds is 6.